The number of thioether (sulfide) groups is 1. The monoisotopic (exact) mass is 634 g/mol. The average molecular weight is 635 g/mol. The number of hydrazine groups is 1. The van der Waals surface area contributed by atoms with Crippen molar-refractivity contribution >= 4 is 28.2 Å². The average Bonchev–Trinajstić information content (AvgIpc) is 3.73. The number of nitrogens with zero attached hydrogens (tertiary/aromatic N) is 2. The molecule has 0 bridgehead atoms. The fourth-order valence-electron chi connectivity index (χ4n) is 4.66. The number of nitrogens with two attached hydrogens (primary N) is 1. The molecule has 45 heavy (non-hydrogen) atoms. The van der Waals surface area contributed by atoms with Crippen LogP contribution in [0.3, 0.4) is 0 Å². The molecule has 0 spiro atoms. The second-order valence-electron chi connectivity index (χ2n) is 11.1. The summed E-state index contributed by atoms with van der Waals surface area (Å²) in [5.74, 6) is 6.70. The minimum Gasteiger partial charge on any atom is -0.516 e. The van der Waals surface area contributed by atoms with Crippen molar-refractivity contribution in [2.24, 2.45) is 5.84 Å². The van der Waals surface area contributed by atoms with Gasteiger partial charge in [-0.25, -0.2) is 5.84 Å². The number of rotatable bonds is 9. The number of aliphatic hydroxyl groups excluding tert-OH is 1. The summed E-state index contributed by atoms with van der Waals surface area (Å²) < 4.78 is 0. The summed E-state index contributed by atoms with van der Waals surface area (Å²) in [4.78, 5) is 5.93. The molecule has 6 heteroatoms. The van der Waals surface area contributed by atoms with Crippen molar-refractivity contribution in [2.75, 3.05) is 20.1 Å². The van der Waals surface area contributed by atoms with Crippen molar-refractivity contribution in [3.05, 3.63) is 113 Å². The van der Waals surface area contributed by atoms with Crippen LogP contribution in [0.1, 0.15) is 103 Å². The van der Waals surface area contributed by atoms with E-state index in [1.165, 1.54) is 84.1 Å². The second-order valence-corrected chi connectivity index (χ2v) is 11.9. The predicted molar refractivity (Wildman–Crippen MR) is 204 cm³/mol. The van der Waals surface area contributed by atoms with Crippen molar-refractivity contribution < 1.29 is 5.11 Å². The van der Waals surface area contributed by atoms with Gasteiger partial charge in [0.1, 0.15) is 0 Å². The molecule has 0 aliphatic heterocycles. The summed E-state index contributed by atoms with van der Waals surface area (Å²) in [5.41, 5.74) is 7.61. The molecule has 0 unspecified atom stereocenters. The van der Waals surface area contributed by atoms with E-state index in [9.17, 15) is 0 Å². The molecule has 3 aromatic rings. The van der Waals surface area contributed by atoms with Gasteiger partial charge in [-0.05, 0) is 113 Å². The fourth-order valence-corrected chi connectivity index (χ4v) is 5.52. The molecule has 5 nitrogen and oxygen atoms in total. The Balaban J connectivity index is 0.000000830. The molecule has 1 aliphatic rings. The maximum Gasteiger partial charge on any atom is 0.0926 e. The van der Waals surface area contributed by atoms with Gasteiger partial charge in [0.2, 0.25) is 0 Å². The maximum atomic E-state index is 7.33. The van der Waals surface area contributed by atoms with E-state index in [1.807, 2.05) is 32.0 Å². The van der Waals surface area contributed by atoms with Gasteiger partial charge in [-0.1, -0.05) is 107 Å². The van der Waals surface area contributed by atoms with Crippen LogP contribution >= 0.6 is 11.8 Å². The first-order chi connectivity index (χ1) is 21.6. The highest BCUT2D eigenvalue weighted by molar-refractivity contribution is 8.05. The Hall–Kier alpha value is -3.19. The molecular formula is C39H62N4OS. The fraction of sp³-hybridized carbons (Fsp3) is 0.436. The van der Waals surface area contributed by atoms with E-state index < -0.39 is 0 Å². The van der Waals surface area contributed by atoms with Crippen LogP contribution in [-0.4, -0.2) is 40.1 Å². The Bertz CT molecular complexity index is 1270. The van der Waals surface area contributed by atoms with Crippen LogP contribution in [-0.2, 0) is 0 Å². The van der Waals surface area contributed by atoms with E-state index in [2.05, 4.69) is 113 Å². The number of H-pyrrole nitrogens is 1. The highest BCUT2D eigenvalue weighted by Crippen LogP contribution is 2.36. The smallest absolute Gasteiger partial charge is 0.0926 e. The number of hydrogen-bond donors (Lipinski definition) is 3. The van der Waals surface area contributed by atoms with Crippen LogP contribution in [0.4, 0.5) is 0 Å². The lowest BCUT2D eigenvalue weighted by Crippen LogP contribution is -2.22. The van der Waals surface area contributed by atoms with Gasteiger partial charge in [-0.2, -0.15) is 0 Å². The first-order valence-electron chi connectivity index (χ1n) is 16.4. The third-order valence-corrected chi connectivity index (χ3v) is 8.50. The van der Waals surface area contributed by atoms with Crippen molar-refractivity contribution in [3.8, 4) is 0 Å². The first-order valence-corrected chi connectivity index (χ1v) is 17.2. The molecule has 4 rings (SSSR count). The normalized spacial score (nSPS) is 12.3. The van der Waals surface area contributed by atoms with Gasteiger partial charge in [-0.3, -0.25) is 5.01 Å². The summed E-state index contributed by atoms with van der Waals surface area (Å²) in [7, 11) is 2.14. The topological polar surface area (TPSA) is 68.5 Å². The molecule has 0 radical (unpaired) electrons. The SMILES string of the molecule is C=CN(N)C(S/C=C(\C)c1ccc2[nH]c(C3CCCC3)cc2c1)=C(C)C.C=CO.CC.CCCN(C)CC.Cc1ccccc1. The molecule has 1 fully saturated rings. The summed E-state index contributed by atoms with van der Waals surface area (Å²) in [5, 5.41) is 13.4. The molecule has 1 aliphatic carbocycles. The zero-order chi connectivity index (χ0) is 34.2. The van der Waals surface area contributed by atoms with Crippen LogP contribution in [0, 0.1) is 6.92 Å². The Labute approximate surface area is 280 Å². The summed E-state index contributed by atoms with van der Waals surface area (Å²) in [6, 6.07) is 19.3. The van der Waals surface area contributed by atoms with Crippen molar-refractivity contribution in [3.63, 3.8) is 0 Å². The van der Waals surface area contributed by atoms with Gasteiger partial charge in [0.15, 0.2) is 0 Å². The zero-order valence-electron chi connectivity index (χ0n) is 29.7. The number of aliphatic hydroxyl groups is 1. The number of allylic oxidation sites excluding steroid dienone is 2. The van der Waals surface area contributed by atoms with Crippen LogP contribution < -0.4 is 5.84 Å². The number of aromatic amines is 1. The number of aryl methyl sites for hydroxylation is 1. The third kappa shape index (κ3) is 16.6. The zero-order valence-corrected chi connectivity index (χ0v) is 30.5. The van der Waals surface area contributed by atoms with Crippen LogP contribution in [0.5, 0.6) is 0 Å². The molecule has 1 aromatic heterocycles. The van der Waals surface area contributed by atoms with Gasteiger partial charge in [0.25, 0.3) is 0 Å². The Morgan fingerprint density at radius 1 is 1.02 bits per heavy atom. The summed E-state index contributed by atoms with van der Waals surface area (Å²) in [6.07, 6.45) is 9.01. The van der Waals surface area contributed by atoms with E-state index in [4.69, 9.17) is 10.9 Å². The standard InChI is InChI=1S/C22H29N3S.C7H8.C6H15N.C2H4O.C2H6/c1-5-25(23)22(15(2)3)26-14-16(4)18-10-11-20-19(12-18)13-21(24-20)17-8-6-7-9-17;1-7-5-3-2-4-6-7;1-4-6-7(3)5-2;1-2-3;1-2/h5,10-14,17,24H,1,6-9,23H2,2-4H3;2-6H,1H3;4-6H2,1-3H3;2-3H,1H2;1-2H3/b16-14+;;;;. The third-order valence-electron chi connectivity index (χ3n) is 7.18. The van der Waals surface area contributed by atoms with Gasteiger partial charge in [-0.15, -0.1) is 0 Å². The quantitative estimate of drug-likeness (QED) is 0.124. The minimum atomic E-state index is 0.715. The number of hydrogen-bond acceptors (Lipinski definition) is 5. The molecule has 2 aromatic carbocycles. The van der Waals surface area contributed by atoms with E-state index in [1.54, 1.807) is 23.0 Å². The molecular weight excluding hydrogens is 573 g/mol. The van der Waals surface area contributed by atoms with Crippen molar-refractivity contribution in [2.45, 2.75) is 93.4 Å². The highest BCUT2D eigenvalue weighted by Gasteiger charge is 2.18. The molecule has 0 saturated heterocycles. The molecule has 1 saturated carbocycles. The minimum absolute atomic E-state index is 0.715. The van der Waals surface area contributed by atoms with Gasteiger partial charge >= 0.3 is 0 Å². The van der Waals surface area contributed by atoms with Gasteiger partial charge < -0.3 is 15.0 Å². The van der Waals surface area contributed by atoms with Crippen LogP contribution in [0.2, 0.25) is 0 Å². The first kappa shape index (κ1) is 41.8. The molecule has 4 N–H and O–H groups in total. The van der Waals surface area contributed by atoms with E-state index in [0.717, 1.165) is 11.3 Å². The van der Waals surface area contributed by atoms with E-state index in [0.29, 0.717) is 5.92 Å². The van der Waals surface area contributed by atoms with Crippen molar-refractivity contribution in [1.29, 1.82) is 0 Å². The molecule has 250 valence electrons. The van der Waals surface area contributed by atoms with Crippen LogP contribution in [0.25, 0.3) is 16.5 Å². The lowest BCUT2D eigenvalue weighted by atomic mass is 10.0. The number of nitrogens with one attached hydrogen (secondary N) is 1. The molecule has 1 heterocycles. The number of benzene rings is 2. The second kappa shape index (κ2) is 25.1. The predicted octanol–water partition coefficient (Wildman–Crippen LogP) is 11.5. The van der Waals surface area contributed by atoms with Gasteiger partial charge in [0, 0.05) is 22.8 Å². The Kier molecular flexibility index (Phi) is 23.3. The molecule has 0 atom stereocenters. The molecule has 0 amide bonds. The lowest BCUT2D eigenvalue weighted by Gasteiger charge is -2.17. The van der Waals surface area contributed by atoms with Crippen LogP contribution in [0.15, 0.2) is 96.2 Å². The van der Waals surface area contributed by atoms with E-state index >= 15 is 0 Å². The highest BCUT2D eigenvalue weighted by atomic mass is 32.2. The summed E-state index contributed by atoms with van der Waals surface area (Å²) >= 11 is 1.64. The lowest BCUT2D eigenvalue weighted by molar-refractivity contribution is 0.353. The largest absolute Gasteiger partial charge is 0.516 e. The number of fused-ring (bicyclic) bond motifs is 1. The van der Waals surface area contributed by atoms with Crippen molar-refractivity contribution in [1.82, 2.24) is 14.9 Å². The van der Waals surface area contributed by atoms with Gasteiger partial charge in [0.05, 0.1) is 11.3 Å². The summed E-state index contributed by atoms with van der Waals surface area (Å²) in [6.45, 7) is 25.8. The maximum absolute atomic E-state index is 7.33. The number of aromatic nitrogens is 1. The Morgan fingerprint density at radius 3 is 2.07 bits per heavy atom. The Morgan fingerprint density at radius 2 is 1.62 bits per heavy atom. The van der Waals surface area contributed by atoms with E-state index in [-0.39, 0.29) is 0 Å².